The average molecular weight is 477 g/mol. The molecule has 0 spiro atoms. The van der Waals surface area contributed by atoms with E-state index in [9.17, 15) is 14.0 Å². The Bertz CT molecular complexity index is 1070. The molecule has 1 saturated heterocycles. The van der Waals surface area contributed by atoms with E-state index in [1.54, 1.807) is 23.9 Å². The van der Waals surface area contributed by atoms with Gasteiger partial charge in [-0.2, -0.15) is 0 Å². The van der Waals surface area contributed by atoms with E-state index in [1.807, 2.05) is 12.1 Å². The minimum Gasteiger partial charge on any atom is -0.478 e. The van der Waals surface area contributed by atoms with Crippen molar-refractivity contribution in [2.24, 2.45) is 0 Å². The average Bonchev–Trinajstić information content (AvgIpc) is 2.90. The highest BCUT2D eigenvalue weighted by atomic mass is 35.5. The van der Waals surface area contributed by atoms with Crippen molar-refractivity contribution in [1.82, 2.24) is 9.80 Å². The summed E-state index contributed by atoms with van der Waals surface area (Å²) in [6, 6.07) is 11.6. The second-order valence-electron chi connectivity index (χ2n) is 7.23. The number of carboxylic acids is 2. The number of hydrogen-bond donors (Lipinski definition) is 2. The van der Waals surface area contributed by atoms with E-state index in [2.05, 4.69) is 35.1 Å². The van der Waals surface area contributed by atoms with Crippen molar-refractivity contribution in [3.05, 3.63) is 70.5 Å². The van der Waals surface area contributed by atoms with Crippen LogP contribution < -0.4 is 0 Å². The van der Waals surface area contributed by atoms with Gasteiger partial charge in [0.25, 0.3) is 0 Å². The summed E-state index contributed by atoms with van der Waals surface area (Å²) in [5, 5.41) is 15.8. The van der Waals surface area contributed by atoms with Crippen LogP contribution in [0.4, 0.5) is 4.39 Å². The molecular weight excluding hydrogens is 455 g/mol. The fraction of sp³-hybridized carbons (Fsp3) is 0.217. The molecule has 32 heavy (non-hydrogen) atoms. The highest BCUT2D eigenvalue weighted by Crippen LogP contribution is 2.43. The van der Waals surface area contributed by atoms with Crippen molar-refractivity contribution < 1.29 is 24.2 Å². The van der Waals surface area contributed by atoms with E-state index in [4.69, 9.17) is 21.8 Å². The number of nitrogens with zero attached hydrogens (tertiary/aromatic N) is 2. The van der Waals surface area contributed by atoms with Crippen molar-refractivity contribution in [2.75, 3.05) is 33.2 Å². The highest BCUT2D eigenvalue weighted by molar-refractivity contribution is 7.99. The van der Waals surface area contributed by atoms with E-state index in [-0.39, 0.29) is 10.8 Å². The normalized spacial score (nSPS) is 15.7. The van der Waals surface area contributed by atoms with E-state index in [0.717, 1.165) is 42.3 Å². The Morgan fingerprint density at radius 3 is 2.28 bits per heavy atom. The molecule has 6 nitrogen and oxygen atoms in total. The summed E-state index contributed by atoms with van der Waals surface area (Å²) in [7, 11) is 2.14. The van der Waals surface area contributed by atoms with Crippen molar-refractivity contribution in [3.63, 3.8) is 0 Å². The van der Waals surface area contributed by atoms with Gasteiger partial charge in [0.2, 0.25) is 0 Å². The SMILES string of the molecule is CN1CCN(C2=Cc3ccccc3Sc3cc(Cl)c(F)cc32)CC1.O=C(O)/C=C\C(=O)O. The molecule has 1 fully saturated rings. The number of hydrogen-bond acceptors (Lipinski definition) is 5. The first-order chi connectivity index (χ1) is 15.2. The van der Waals surface area contributed by atoms with Gasteiger partial charge in [-0.15, -0.1) is 0 Å². The number of fused-ring (bicyclic) bond motifs is 2. The first kappa shape index (κ1) is 23.8. The molecule has 2 aliphatic heterocycles. The van der Waals surface area contributed by atoms with Crippen LogP contribution in [0, 0.1) is 5.82 Å². The third-order valence-electron chi connectivity index (χ3n) is 4.94. The van der Waals surface area contributed by atoms with Crippen molar-refractivity contribution in [1.29, 1.82) is 0 Å². The van der Waals surface area contributed by atoms with Crippen LogP contribution in [0.15, 0.2) is 58.3 Å². The summed E-state index contributed by atoms with van der Waals surface area (Å²) in [5.41, 5.74) is 3.19. The van der Waals surface area contributed by atoms with Crippen molar-refractivity contribution >= 4 is 47.1 Å². The monoisotopic (exact) mass is 476 g/mol. The van der Waals surface area contributed by atoms with Crippen molar-refractivity contribution in [2.45, 2.75) is 9.79 Å². The number of benzene rings is 2. The van der Waals surface area contributed by atoms with Gasteiger partial charge in [0, 0.05) is 59.4 Å². The Kier molecular flexibility index (Phi) is 7.95. The molecular formula is C23H22ClFN2O4S. The molecule has 2 aromatic carbocycles. The lowest BCUT2D eigenvalue weighted by molar-refractivity contribution is -0.134. The maximum absolute atomic E-state index is 14.2. The molecule has 0 radical (unpaired) electrons. The van der Waals surface area contributed by atoms with Crippen LogP contribution in [-0.4, -0.2) is 65.2 Å². The zero-order chi connectivity index (χ0) is 23.3. The van der Waals surface area contributed by atoms with Gasteiger partial charge in [0.1, 0.15) is 5.82 Å². The summed E-state index contributed by atoms with van der Waals surface area (Å²) in [6.07, 6.45) is 3.30. The summed E-state index contributed by atoms with van der Waals surface area (Å²) in [6.45, 7) is 3.91. The van der Waals surface area contributed by atoms with Gasteiger partial charge in [0.05, 0.1) is 5.02 Å². The maximum atomic E-state index is 14.2. The molecule has 2 N–H and O–H groups in total. The van der Waals surface area contributed by atoms with E-state index < -0.39 is 11.9 Å². The topological polar surface area (TPSA) is 81.1 Å². The zero-order valence-electron chi connectivity index (χ0n) is 17.3. The molecule has 0 amide bonds. The van der Waals surface area contributed by atoms with Gasteiger partial charge in [0.15, 0.2) is 0 Å². The molecule has 0 bridgehead atoms. The van der Waals surface area contributed by atoms with Gasteiger partial charge < -0.3 is 20.0 Å². The molecule has 4 rings (SSSR count). The summed E-state index contributed by atoms with van der Waals surface area (Å²) >= 11 is 7.70. The second-order valence-corrected chi connectivity index (χ2v) is 8.72. The lowest BCUT2D eigenvalue weighted by Gasteiger charge is -2.36. The van der Waals surface area contributed by atoms with Crippen LogP contribution in [0.3, 0.4) is 0 Å². The molecule has 0 aliphatic carbocycles. The van der Waals surface area contributed by atoms with Gasteiger partial charge in [-0.1, -0.05) is 41.6 Å². The zero-order valence-corrected chi connectivity index (χ0v) is 18.9. The Morgan fingerprint density at radius 2 is 1.66 bits per heavy atom. The molecule has 0 atom stereocenters. The van der Waals surface area contributed by atoms with Gasteiger partial charge >= 0.3 is 11.9 Å². The smallest absolute Gasteiger partial charge is 0.328 e. The predicted molar refractivity (Wildman–Crippen MR) is 123 cm³/mol. The number of rotatable bonds is 3. The maximum Gasteiger partial charge on any atom is 0.328 e. The molecule has 9 heteroatoms. The molecule has 0 saturated carbocycles. The number of likely N-dealkylation sites (N-methyl/N-ethyl adjacent to an activating group) is 1. The van der Waals surface area contributed by atoms with E-state index in [1.165, 1.54) is 10.5 Å². The lowest BCUT2D eigenvalue weighted by Crippen LogP contribution is -2.43. The second kappa shape index (κ2) is 10.7. The number of piperazine rings is 1. The molecule has 0 unspecified atom stereocenters. The van der Waals surface area contributed by atoms with Crippen LogP contribution in [0.25, 0.3) is 11.8 Å². The third kappa shape index (κ3) is 6.12. The first-order valence-electron chi connectivity index (χ1n) is 9.80. The standard InChI is InChI=1S/C19H18ClFN2S.C4H4O4/c1-22-6-8-23(9-7-22)17-10-13-4-2-3-5-18(13)24-19-12-15(20)16(21)11-14(17)19;5-3(6)1-2-4(7)8/h2-5,10-12H,6-9H2,1H3;1-2H,(H,5,6)(H,7,8)/b;2-1-. The van der Waals surface area contributed by atoms with Crippen LogP contribution in [0.1, 0.15) is 11.1 Å². The minimum atomic E-state index is -1.26. The Balaban J connectivity index is 0.000000312. The minimum absolute atomic E-state index is 0.179. The van der Waals surface area contributed by atoms with Gasteiger partial charge in [-0.3, -0.25) is 0 Å². The van der Waals surface area contributed by atoms with E-state index >= 15 is 0 Å². The van der Waals surface area contributed by atoms with Crippen LogP contribution in [0.5, 0.6) is 0 Å². The fourth-order valence-corrected chi connectivity index (χ4v) is 4.61. The number of aliphatic carboxylic acids is 2. The fourth-order valence-electron chi connectivity index (χ4n) is 3.30. The first-order valence-corrected chi connectivity index (χ1v) is 11.0. The van der Waals surface area contributed by atoms with Crippen LogP contribution in [-0.2, 0) is 9.59 Å². The molecule has 2 aliphatic rings. The molecule has 168 valence electrons. The summed E-state index contributed by atoms with van der Waals surface area (Å²) < 4.78 is 14.2. The summed E-state index contributed by atoms with van der Waals surface area (Å²) in [4.78, 5) is 26.0. The molecule has 2 heterocycles. The number of carbonyl (C=O) groups is 2. The quantitative estimate of drug-likeness (QED) is 0.635. The molecule has 0 aromatic heterocycles. The number of halogens is 2. The largest absolute Gasteiger partial charge is 0.478 e. The van der Waals surface area contributed by atoms with Crippen molar-refractivity contribution in [3.8, 4) is 0 Å². The van der Waals surface area contributed by atoms with Gasteiger partial charge in [-0.25, -0.2) is 14.0 Å². The van der Waals surface area contributed by atoms with Crippen LogP contribution >= 0.6 is 23.4 Å². The van der Waals surface area contributed by atoms with Gasteiger partial charge in [-0.05, 0) is 36.9 Å². The predicted octanol–water partition coefficient (Wildman–Crippen LogP) is 4.40. The lowest BCUT2D eigenvalue weighted by atomic mass is 10.1. The Labute approximate surface area is 194 Å². The Hall–Kier alpha value is -2.81. The Morgan fingerprint density at radius 1 is 1.03 bits per heavy atom. The number of carboxylic acid groups (broad SMARTS) is 2. The van der Waals surface area contributed by atoms with E-state index in [0.29, 0.717) is 12.2 Å². The molecule has 2 aromatic rings. The van der Waals surface area contributed by atoms with Crippen LogP contribution in [0.2, 0.25) is 5.02 Å². The third-order valence-corrected chi connectivity index (χ3v) is 6.38. The highest BCUT2D eigenvalue weighted by Gasteiger charge is 2.24. The summed E-state index contributed by atoms with van der Waals surface area (Å²) in [5.74, 6) is -2.87.